The summed E-state index contributed by atoms with van der Waals surface area (Å²) >= 11 is 2.00. The zero-order valence-electron chi connectivity index (χ0n) is 16.2. The lowest BCUT2D eigenvalue weighted by molar-refractivity contribution is 0.287. The van der Waals surface area contributed by atoms with Crippen molar-refractivity contribution in [2.45, 2.75) is 57.1 Å². The van der Waals surface area contributed by atoms with Gasteiger partial charge in [0.05, 0.1) is 0 Å². The van der Waals surface area contributed by atoms with Gasteiger partial charge in [0.15, 0.2) is 0 Å². The fourth-order valence-corrected chi connectivity index (χ4v) is 5.78. The second-order valence-corrected chi connectivity index (χ2v) is 9.34. The third-order valence-corrected chi connectivity index (χ3v) is 7.45. The predicted molar refractivity (Wildman–Crippen MR) is 118 cm³/mol. The summed E-state index contributed by atoms with van der Waals surface area (Å²) in [5.41, 5.74) is 2.66. The van der Waals surface area contributed by atoms with Gasteiger partial charge >= 0.3 is 0 Å². The van der Waals surface area contributed by atoms with Crippen molar-refractivity contribution in [2.75, 3.05) is 6.54 Å². The molecule has 0 bridgehead atoms. The van der Waals surface area contributed by atoms with E-state index >= 15 is 0 Å². The van der Waals surface area contributed by atoms with Crippen molar-refractivity contribution in [3.63, 3.8) is 0 Å². The third kappa shape index (κ3) is 5.36. The van der Waals surface area contributed by atoms with Crippen LogP contribution in [0.1, 0.15) is 51.9 Å². The molecule has 2 aliphatic carbocycles. The van der Waals surface area contributed by atoms with Crippen molar-refractivity contribution in [2.24, 2.45) is 22.7 Å². The number of fused-ring (bicyclic) bond motifs is 1. The molecule has 0 aromatic carbocycles. The molecule has 1 nitrogen and oxygen atoms in total. The minimum absolute atomic E-state index is 0.501. The highest BCUT2D eigenvalue weighted by Crippen LogP contribution is 2.43. The molecule has 26 heavy (non-hydrogen) atoms. The molecule has 4 atom stereocenters. The highest BCUT2D eigenvalue weighted by Gasteiger charge is 2.33. The van der Waals surface area contributed by atoms with Gasteiger partial charge in [-0.1, -0.05) is 55.5 Å². The summed E-state index contributed by atoms with van der Waals surface area (Å²) in [5.74, 6) is 1.94. The highest BCUT2D eigenvalue weighted by molar-refractivity contribution is 8.03. The van der Waals surface area contributed by atoms with Crippen molar-refractivity contribution in [3.8, 4) is 0 Å². The largest absolute Gasteiger partial charge is 0.294 e. The van der Waals surface area contributed by atoms with E-state index < -0.39 is 0 Å². The maximum absolute atomic E-state index is 5.03. The average molecular weight is 368 g/mol. The molecule has 0 spiro atoms. The number of allylic oxidation sites excluding steroid dienone is 7. The Morgan fingerprint density at radius 1 is 1.23 bits per heavy atom. The summed E-state index contributed by atoms with van der Waals surface area (Å²) < 4.78 is 0. The zero-order valence-corrected chi connectivity index (χ0v) is 17.0. The van der Waals surface area contributed by atoms with Gasteiger partial charge < -0.3 is 0 Å². The second kappa shape index (κ2) is 9.60. The molecule has 140 valence electrons. The summed E-state index contributed by atoms with van der Waals surface area (Å²) in [6.07, 6.45) is 22.0. The first kappa shape index (κ1) is 19.5. The SMILES string of the molecule is C=C1/C=C\C=C/C[C@@H]2CCCC(CN=C(C)CC3C=CCCC3=C)[C@@H]2S1. The number of hydrogen-bond acceptors (Lipinski definition) is 2. The normalized spacial score (nSPS) is 35.2. The summed E-state index contributed by atoms with van der Waals surface area (Å²) in [6.45, 7) is 11.7. The smallest absolute Gasteiger partial charge is 0.0427 e. The van der Waals surface area contributed by atoms with Crippen LogP contribution >= 0.6 is 11.8 Å². The molecule has 0 saturated heterocycles. The third-order valence-electron chi connectivity index (χ3n) is 5.97. The van der Waals surface area contributed by atoms with Crippen LogP contribution in [0.2, 0.25) is 0 Å². The number of aliphatic imine (C=N–C) groups is 1. The van der Waals surface area contributed by atoms with Crippen LogP contribution in [0.5, 0.6) is 0 Å². The Hall–Kier alpha value is -1.28. The topological polar surface area (TPSA) is 12.4 Å². The monoisotopic (exact) mass is 367 g/mol. The molecule has 2 unspecified atom stereocenters. The van der Waals surface area contributed by atoms with Gasteiger partial charge in [0.2, 0.25) is 0 Å². The second-order valence-electron chi connectivity index (χ2n) is 8.03. The van der Waals surface area contributed by atoms with Crippen LogP contribution in [0.15, 0.2) is 65.1 Å². The van der Waals surface area contributed by atoms with Crippen LogP contribution in [0.25, 0.3) is 0 Å². The molecule has 0 radical (unpaired) electrons. The molecule has 0 aromatic rings. The summed E-state index contributed by atoms with van der Waals surface area (Å²) in [4.78, 5) is 6.23. The molecular weight excluding hydrogens is 334 g/mol. The molecule has 0 aromatic heterocycles. The Labute approximate surface area is 164 Å². The lowest BCUT2D eigenvalue weighted by atomic mass is 9.79. The van der Waals surface area contributed by atoms with E-state index in [1.807, 2.05) is 11.8 Å². The fraction of sp³-hybridized carbons (Fsp3) is 0.542. The van der Waals surface area contributed by atoms with E-state index in [0.717, 1.165) is 31.7 Å². The van der Waals surface area contributed by atoms with Crippen molar-refractivity contribution < 1.29 is 0 Å². The maximum atomic E-state index is 5.03. The average Bonchev–Trinajstić information content (AvgIpc) is 2.72. The molecule has 3 aliphatic rings. The van der Waals surface area contributed by atoms with Crippen molar-refractivity contribution >= 4 is 17.5 Å². The molecule has 1 fully saturated rings. The Bertz CT molecular complexity index is 637. The maximum Gasteiger partial charge on any atom is 0.0427 e. The van der Waals surface area contributed by atoms with E-state index in [1.54, 1.807) is 0 Å². The molecule has 1 saturated carbocycles. The van der Waals surface area contributed by atoms with Gasteiger partial charge in [-0.25, -0.2) is 0 Å². The quantitative estimate of drug-likeness (QED) is 0.388. The van der Waals surface area contributed by atoms with Crippen LogP contribution < -0.4 is 0 Å². The minimum Gasteiger partial charge on any atom is -0.294 e. The zero-order chi connectivity index (χ0) is 18.4. The first-order valence-electron chi connectivity index (χ1n) is 10.2. The Morgan fingerprint density at radius 2 is 2.12 bits per heavy atom. The van der Waals surface area contributed by atoms with E-state index in [2.05, 4.69) is 56.5 Å². The molecule has 0 N–H and O–H groups in total. The van der Waals surface area contributed by atoms with Gasteiger partial charge in [0.25, 0.3) is 0 Å². The highest BCUT2D eigenvalue weighted by atomic mass is 32.2. The summed E-state index contributed by atoms with van der Waals surface area (Å²) in [7, 11) is 0. The van der Waals surface area contributed by atoms with E-state index in [1.165, 1.54) is 41.9 Å². The predicted octanol–water partition coefficient (Wildman–Crippen LogP) is 6.91. The van der Waals surface area contributed by atoms with Gasteiger partial charge in [-0.3, -0.25) is 4.99 Å². The number of hydrogen-bond donors (Lipinski definition) is 0. The Balaban J connectivity index is 1.63. The molecule has 0 amide bonds. The van der Waals surface area contributed by atoms with Crippen molar-refractivity contribution in [3.05, 3.63) is 60.1 Å². The van der Waals surface area contributed by atoms with Crippen LogP contribution in [0, 0.1) is 17.8 Å². The van der Waals surface area contributed by atoms with Gasteiger partial charge in [-0.05, 0) is 63.4 Å². The minimum atomic E-state index is 0.501. The van der Waals surface area contributed by atoms with Crippen molar-refractivity contribution in [1.82, 2.24) is 0 Å². The Kier molecular flexibility index (Phi) is 7.19. The van der Waals surface area contributed by atoms with Gasteiger partial charge in [-0.2, -0.15) is 0 Å². The van der Waals surface area contributed by atoms with Crippen LogP contribution in [-0.4, -0.2) is 17.5 Å². The lowest BCUT2D eigenvalue weighted by Gasteiger charge is -2.37. The molecule has 3 rings (SSSR count). The standard InChI is InChI=1S/C24H33NS/c1-18-10-7-8-13-22(18)16-19(2)25-17-23-15-9-14-21-12-6-4-5-11-20(3)26-24(21)23/h4-6,8,11,13,21-24H,1,3,7,9-10,12,14-17H2,2H3/b6-4-,11-5-,25-19?/t21-,22?,23?,24-/m1/s1. The number of rotatable bonds is 4. The van der Waals surface area contributed by atoms with E-state index in [0.29, 0.717) is 17.1 Å². The van der Waals surface area contributed by atoms with Crippen molar-refractivity contribution in [1.29, 1.82) is 0 Å². The molecular formula is C24H33NS. The molecule has 1 aliphatic heterocycles. The number of thioether (sulfide) groups is 1. The summed E-state index contributed by atoms with van der Waals surface area (Å²) in [5, 5.41) is 0.657. The van der Waals surface area contributed by atoms with Crippen LogP contribution in [-0.2, 0) is 0 Å². The van der Waals surface area contributed by atoms with E-state index in [-0.39, 0.29) is 0 Å². The summed E-state index contributed by atoms with van der Waals surface area (Å²) in [6, 6.07) is 0. The van der Waals surface area contributed by atoms with Gasteiger partial charge in [0, 0.05) is 28.3 Å². The van der Waals surface area contributed by atoms with E-state index in [9.17, 15) is 0 Å². The molecule has 1 heterocycles. The van der Waals surface area contributed by atoms with Gasteiger partial charge in [-0.15, -0.1) is 11.8 Å². The molecule has 2 heteroatoms. The fourth-order valence-electron chi connectivity index (χ4n) is 4.42. The lowest BCUT2D eigenvalue weighted by Crippen LogP contribution is -2.32. The number of nitrogens with zero attached hydrogens (tertiary/aromatic N) is 1. The van der Waals surface area contributed by atoms with Crippen LogP contribution in [0.4, 0.5) is 0 Å². The van der Waals surface area contributed by atoms with E-state index in [4.69, 9.17) is 4.99 Å². The van der Waals surface area contributed by atoms with Crippen LogP contribution in [0.3, 0.4) is 0 Å². The van der Waals surface area contributed by atoms with Gasteiger partial charge in [0.1, 0.15) is 0 Å². The first-order chi connectivity index (χ1) is 12.6. The Morgan fingerprint density at radius 3 is 2.96 bits per heavy atom. The first-order valence-corrected chi connectivity index (χ1v) is 11.0.